The highest BCUT2D eigenvalue weighted by Crippen LogP contribution is 2.22. The van der Waals surface area contributed by atoms with E-state index in [9.17, 15) is 0 Å². The normalized spacial score (nSPS) is 20.9. The zero-order chi connectivity index (χ0) is 14.4. The number of nitrogens with zero attached hydrogens (tertiary/aromatic N) is 1. The van der Waals surface area contributed by atoms with Crippen LogP contribution in [-0.2, 0) is 11.2 Å². The van der Waals surface area contributed by atoms with Gasteiger partial charge in [0.05, 0.1) is 6.10 Å². The van der Waals surface area contributed by atoms with E-state index >= 15 is 0 Å². The van der Waals surface area contributed by atoms with Crippen LogP contribution in [0.25, 0.3) is 0 Å². The quantitative estimate of drug-likeness (QED) is 0.868. The second kappa shape index (κ2) is 7.65. The van der Waals surface area contributed by atoms with Gasteiger partial charge in [0.1, 0.15) is 0 Å². The molecule has 2 rings (SSSR count). The van der Waals surface area contributed by atoms with Crippen LogP contribution >= 0.6 is 0 Å². The van der Waals surface area contributed by atoms with Gasteiger partial charge in [-0.2, -0.15) is 0 Å². The number of hydrogen-bond acceptors (Lipinski definition) is 3. The first-order chi connectivity index (χ1) is 9.69. The summed E-state index contributed by atoms with van der Waals surface area (Å²) in [6.45, 7) is 7.25. The molecule has 3 heteroatoms. The number of piperidine rings is 1. The van der Waals surface area contributed by atoms with Crippen molar-refractivity contribution in [1.82, 2.24) is 0 Å². The lowest BCUT2D eigenvalue weighted by molar-refractivity contribution is 0.0440. The molecule has 1 saturated heterocycles. The number of hydrogen-bond donors (Lipinski definition) is 1. The molecule has 0 saturated carbocycles. The standard InChI is InChI=1S/C17H28N2O/c1-3-11-20-17-5-4-10-19(13-17)16-8-6-15(7-9-16)12-14(2)18/h6-9,14,17H,3-5,10-13,18H2,1-2H3. The maximum atomic E-state index is 5.90. The third-order valence-electron chi connectivity index (χ3n) is 3.79. The van der Waals surface area contributed by atoms with Crippen LogP contribution < -0.4 is 10.6 Å². The lowest BCUT2D eigenvalue weighted by Gasteiger charge is -2.34. The highest BCUT2D eigenvalue weighted by molar-refractivity contribution is 5.48. The Hall–Kier alpha value is -1.06. The van der Waals surface area contributed by atoms with Crippen molar-refractivity contribution in [1.29, 1.82) is 0 Å². The number of benzene rings is 1. The molecule has 2 atom stereocenters. The average Bonchev–Trinajstić information content (AvgIpc) is 2.45. The van der Waals surface area contributed by atoms with Crippen LogP contribution in [0.2, 0.25) is 0 Å². The summed E-state index contributed by atoms with van der Waals surface area (Å²) in [5.74, 6) is 0. The minimum Gasteiger partial charge on any atom is -0.376 e. The highest BCUT2D eigenvalue weighted by atomic mass is 16.5. The van der Waals surface area contributed by atoms with Gasteiger partial charge in [0, 0.05) is 31.4 Å². The van der Waals surface area contributed by atoms with E-state index in [1.165, 1.54) is 24.1 Å². The van der Waals surface area contributed by atoms with Crippen molar-refractivity contribution >= 4 is 5.69 Å². The molecular weight excluding hydrogens is 248 g/mol. The van der Waals surface area contributed by atoms with E-state index in [0.29, 0.717) is 6.10 Å². The molecule has 0 amide bonds. The molecule has 1 heterocycles. The summed E-state index contributed by atoms with van der Waals surface area (Å²) in [6.07, 6.45) is 4.85. The first kappa shape index (κ1) is 15.3. The number of anilines is 1. The lowest BCUT2D eigenvalue weighted by Crippen LogP contribution is -2.39. The Labute approximate surface area is 123 Å². The van der Waals surface area contributed by atoms with Crippen LogP contribution in [0.1, 0.15) is 38.7 Å². The van der Waals surface area contributed by atoms with E-state index in [4.69, 9.17) is 10.5 Å². The van der Waals surface area contributed by atoms with Gasteiger partial charge in [-0.15, -0.1) is 0 Å². The van der Waals surface area contributed by atoms with Gasteiger partial charge < -0.3 is 15.4 Å². The Morgan fingerprint density at radius 3 is 2.75 bits per heavy atom. The highest BCUT2D eigenvalue weighted by Gasteiger charge is 2.20. The number of nitrogens with two attached hydrogens (primary N) is 1. The smallest absolute Gasteiger partial charge is 0.0750 e. The summed E-state index contributed by atoms with van der Waals surface area (Å²) >= 11 is 0. The Balaban J connectivity index is 1.93. The summed E-state index contributed by atoms with van der Waals surface area (Å²) in [4.78, 5) is 2.44. The maximum absolute atomic E-state index is 5.90. The summed E-state index contributed by atoms with van der Waals surface area (Å²) in [5, 5.41) is 0. The van der Waals surface area contributed by atoms with Gasteiger partial charge in [-0.25, -0.2) is 0 Å². The maximum Gasteiger partial charge on any atom is 0.0750 e. The van der Waals surface area contributed by atoms with E-state index in [1.807, 2.05) is 6.92 Å². The molecule has 112 valence electrons. The molecule has 2 unspecified atom stereocenters. The summed E-state index contributed by atoms with van der Waals surface area (Å²) in [5.41, 5.74) is 8.47. The van der Waals surface area contributed by atoms with Crippen molar-refractivity contribution in [2.45, 2.75) is 51.7 Å². The first-order valence-corrected chi connectivity index (χ1v) is 7.90. The molecule has 1 aromatic carbocycles. The zero-order valence-corrected chi connectivity index (χ0v) is 12.8. The van der Waals surface area contributed by atoms with Gasteiger partial charge in [0.25, 0.3) is 0 Å². The predicted molar refractivity (Wildman–Crippen MR) is 85.3 cm³/mol. The minimum atomic E-state index is 0.225. The van der Waals surface area contributed by atoms with Crippen LogP contribution in [0.5, 0.6) is 0 Å². The molecule has 1 aliphatic heterocycles. The van der Waals surface area contributed by atoms with Crippen molar-refractivity contribution in [3.05, 3.63) is 29.8 Å². The fraction of sp³-hybridized carbons (Fsp3) is 0.647. The molecule has 0 radical (unpaired) electrons. The monoisotopic (exact) mass is 276 g/mol. The van der Waals surface area contributed by atoms with Crippen LogP contribution in [0.4, 0.5) is 5.69 Å². The molecule has 0 aromatic heterocycles. The fourth-order valence-electron chi connectivity index (χ4n) is 2.81. The number of ether oxygens (including phenoxy) is 1. The van der Waals surface area contributed by atoms with Crippen molar-refractivity contribution < 1.29 is 4.74 Å². The predicted octanol–water partition coefficient (Wildman–Crippen LogP) is 2.97. The molecule has 3 nitrogen and oxygen atoms in total. The van der Waals surface area contributed by atoms with Crippen LogP contribution in [0.3, 0.4) is 0 Å². The fourth-order valence-corrected chi connectivity index (χ4v) is 2.81. The van der Waals surface area contributed by atoms with Crippen molar-refractivity contribution in [3.8, 4) is 0 Å². The van der Waals surface area contributed by atoms with Crippen molar-refractivity contribution in [2.24, 2.45) is 5.73 Å². The second-order valence-electron chi connectivity index (χ2n) is 5.93. The van der Waals surface area contributed by atoms with E-state index in [0.717, 1.165) is 32.5 Å². The van der Waals surface area contributed by atoms with Gasteiger partial charge in [0.15, 0.2) is 0 Å². The first-order valence-electron chi connectivity index (χ1n) is 7.90. The zero-order valence-electron chi connectivity index (χ0n) is 12.8. The molecule has 0 spiro atoms. The van der Waals surface area contributed by atoms with E-state index in [1.54, 1.807) is 0 Å². The molecule has 2 N–H and O–H groups in total. The SMILES string of the molecule is CCCOC1CCCN(c2ccc(CC(C)N)cc2)C1. The van der Waals surface area contributed by atoms with Gasteiger partial charge >= 0.3 is 0 Å². The Bertz CT molecular complexity index is 388. The molecule has 20 heavy (non-hydrogen) atoms. The largest absolute Gasteiger partial charge is 0.376 e. The Morgan fingerprint density at radius 1 is 1.35 bits per heavy atom. The molecule has 1 fully saturated rings. The molecule has 1 aromatic rings. The third kappa shape index (κ3) is 4.50. The summed E-state index contributed by atoms with van der Waals surface area (Å²) < 4.78 is 5.90. The average molecular weight is 276 g/mol. The van der Waals surface area contributed by atoms with Crippen molar-refractivity contribution in [3.63, 3.8) is 0 Å². The molecular formula is C17H28N2O. The van der Waals surface area contributed by atoms with Gasteiger partial charge in [-0.1, -0.05) is 19.1 Å². The number of rotatable bonds is 6. The lowest BCUT2D eigenvalue weighted by atomic mass is 10.0. The molecule has 1 aliphatic rings. The van der Waals surface area contributed by atoms with Crippen molar-refractivity contribution in [2.75, 3.05) is 24.6 Å². The van der Waals surface area contributed by atoms with E-state index in [-0.39, 0.29) is 6.04 Å². The Kier molecular flexibility index (Phi) is 5.86. The Morgan fingerprint density at radius 2 is 2.10 bits per heavy atom. The van der Waals surface area contributed by atoms with Crippen LogP contribution in [-0.4, -0.2) is 31.8 Å². The molecule has 0 bridgehead atoms. The van der Waals surface area contributed by atoms with Crippen LogP contribution in [0, 0.1) is 0 Å². The van der Waals surface area contributed by atoms with Crippen LogP contribution in [0.15, 0.2) is 24.3 Å². The van der Waals surface area contributed by atoms with E-state index in [2.05, 4.69) is 36.1 Å². The third-order valence-corrected chi connectivity index (χ3v) is 3.79. The second-order valence-corrected chi connectivity index (χ2v) is 5.93. The topological polar surface area (TPSA) is 38.5 Å². The summed E-state index contributed by atoms with van der Waals surface area (Å²) in [7, 11) is 0. The molecule has 0 aliphatic carbocycles. The summed E-state index contributed by atoms with van der Waals surface area (Å²) in [6, 6.07) is 9.08. The van der Waals surface area contributed by atoms with Gasteiger partial charge in [0.2, 0.25) is 0 Å². The van der Waals surface area contributed by atoms with E-state index < -0.39 is 0 Å². The van der Waals surface area contributed by atoms with Gasteiger partial charge in [-0.3, -0.25) is 0 Å². The minimum absolute atomic E-state index is 0.225. The van der Waals surface area contributed by atoms with Gasteiger partial charge in [-0.05, 0) is 50.3 Å².